The number of fused-ring (bicyclic) bond motifs is 1. The molecule has 0 radical (unpaired) electrons. The number of nitrogens with zero attached hydrogens (tertiary/aromatic N) is 4. The molecule has 1 N–H and O–H groups in total. The van der Waals surface area contributed by atoms with Gasteiger partial charge < -0.3 is 9.80 Å². The van der Waals surface area contributed by atoms with Crippen molar-refractivity contribution in [3.05, 3.63) is 48.5 Å². The highest BCUT2D eigenvalue weighted by atomic mass is 32.2. The van der Waals surface area contributed by atoms with Gasteiger partial charge in [-0.3, -0.25) is 4.79 Å². The molecule has 1 saturated heterocycles. The summed E-state index contributed by atoms with van der Waals surface area (Å²) in [4.78, 5) is 16.5. The van der Waals surface area contributed by atoms with Crippen LogP contribution in [0.3, 0.4) is 0 Å². The van der Waals surface area contributed by atoms with Gasteiger partial charge in [0.15, 0.2) is 5.52 Å². The van der Waals surface area contributed by atoms with E-state index in [9.17, 15) is 13.2 Å². The summed E-state index contributed by atoms with van der Waals surface area (Å²) < 4.78 is 32.2. The maximum atomic E-state index is 12.5. The molecular weight excluding hydrogens is 394 g/mol. The smallest absolute Gasteiger partial charge is 0.242 e. The standard InChI is InChI=1S/C19H21N5O4S/c25-18(24-13-11-23(12-14-24)15-5-2-1-3-6-15)9-10-20-29(26,27)17-8-4-7-16-19(17)22-28-21-16/h1-8,20H,9-14H2. The van der Waals surface area contributed by atoms with E-state index in [1.54, 1.807) is 17.0 Å². The minimum atomic E-state index is -3.82. The molecule has 1 aromatic heterocycles. The van der Waals surface area contributed by atoms with Crippen molar-refractivity contribution in [2.45, 2.75) is 11.3 Å². The lowest BCUT2D eigenvalue weighted by Crippen LogP contribution is -2.49. The van der Waals surface area contributed by atoms with Gasteiger partial charge in [-0.2, -0.15) is 0 Å². The Kier molecular flexibility index (Phi) is 5.45. The first-order valence-corrected chi connectivity index (χ1v) is 10.8. The summed E-state index contributed by atoms with van der Waals surface area (Å²) in [6.07, 6.45) is 0.0949. The van der Waals surface area contributed by atoms with Crippen LogP contribution in [-0.4, -0.2) is 62.3 Å². The fraction of sp³-hybridized carbons (Fsp3) is 0.316. The highest BCUT2D eigenvalue weighted by molar-refractivity contribution is 7.89. The molecule has 1 amide bonds. The molecule has 1 aliphatic heterocycles. The van der Waals surface area contributed by atoms with Crippen LogP contribution < -0.4 is 9.62 Å². The molecule has 10 heteroatoms. The second-order valence-corrected chi connectivity index (χ2v) is 8.47. The largest absolute Gasteiger partial charge is 0.368 e. The van der Waals surface area contributed by atoms with Gasteiger partial charge in [0, 0.05) is 44.8 Å². The van der Waals surface area contributed by atoms with Gasteiger partial charge in [-0.15, -0.1) is 0 Å². The molecule has 0 bridgehead atoms. The van der Waals surface area contributed by atoms with Crippen molar-refractivity contribution < 1.29 is 17.8 Å². The van der Waals surface area contributed by atoms with Crippen molar-refractivity contribution in [3.8, 4) is 0 Å². The molecule has 9 nitrogen and oxygen atoms in total. The number of sulfonamides is 1. The molecule has 152 valence electrons. The third kappa shape index (κ3) is 4.22. The zero-order valence-electron chi connectivity index (χ0n) is 15.7. The zero-order valence-corrected chi connectivity index (χ0v) is 16.5. The van der Waals surface area contributed by atoms with E-state index in [1.807, 2.05) is 18.2 Å². The molecule has 0 saturated carbocycles. The second kappa shape index (κ2) is 8.18. The maximum absolute atomic E-state index is 12.5. The van der Waals surface area contributed by atoms with Gasteiger partial charge in [-0.1, -0.05) is 24.3 Å². The summed E-state index contributed by atoms with van der Waals surface area (Å²) in [5.74, 6) is -0.0678. The zero-order chi connectivity index (χ0) is 20.3. The monoisotopic (exact) mass is 415 g/mol. The van der Waals surface area contributed by atoms with Gasteiger partial charge in [0.05, 0.1) is 0 Å². The predicted molar refractivity (Wildman–Crippen MR) is 107 cm³/mol. The number of carbonyl (C=O) groups is 1. The average molecular weight is 415 g/mol. The number of para-hydroxylation sites is 1. The van der Waals surface area contributed by atoms with Crippen LogP contribution in [0.2, 0.25) is 0 Å². The van der Waals surface area contributed by atoms with Crippen LogP contribution in [0, 0.1) is 0 Å². The lowest BCUT2D eigenvalue weighted by molar-refractivity contribution is -0.131. The van der Waals surface area contributed by atoms with Crippen LogP contribution in [-0.2, 0) is 14.8 Å². The Morgan fingerprint density at radius 1 is 1.00 bits per heavy atom. The van der Waals surface area contributed by atoms with E-state index in [1.165, 1.54) is 6.07 Å². The van der Waals surface area contributed by atoms with Crippen LogP contribution >= 0.6 is 0 Å². The molecule has 3 aromatic rings. The molecule has 29 heavy (non-hydrogen) atoms. The first-order valence-electron chi connectivity index (χ1n) is 9.33. The molecule has 2 heterocycles. The van der Waals surface area contributed by atoms with E-state index < -0.39 is 10.0 Å². The van der Waals surface area contributed by atoms with Gasteiger partial charge in [0.25, 0.3) is 0 Å². The Morgan fingerprint density at radius 3 is 2.52 bits per heavy atom. The number of hydrogen-bond donors (Lipinski definition) is 1. The Bertz CT molecular complexity index is 1090. The van der Waals surface area contributed by atoms with Crippen LogP contribution in [0.5, 0.6) is 0 Å². The number of amides is 1. The van der Waals surface area contributed by atoms with Crippen molar-refractivity contribution >= 4 is 32.7 Å². The molecule has 2 aromatic carbocycles. The van der Waals surface area contributed by atoms with E-state index in [2.05, 4.69) is 36.7 Å². The van der Waals surface area contributed by atoms with Crippen molar-refractivity contribution in [1.29, 1.82) is 0 Å². The van der Waals surface area contributed by atoms with E-state index in [-0.39, 0.29) is 29.3 Å². The molecule has 1 fully saturated rings. The van der Waals surface area contributed by atoms with E-state index in [0.29, 0.717) is 18.6 Å². The number of benzene rings is 2. The molecule has 0 unspecified atom stereocenters. The SMILES string of the molecule is O=C(CCNS(=O)(=O)c1cccc2nonc12)N1CCN(c2ccccc2)CC1. The van der Waals surface area contributed by atoms with E-state index >= 15 is 0 Å². The van der Waals surface area contributed by atoms with Gasteiger partial charge >= 0.3 is 0 Å². The summed E-state index contributed by atoms with van der Waals surface area (Å²) in [5.41, 5.74) is 1.67. The highest BCUT2D eigenvalue weighted by Crippen LogP contribution is 2.19. The maximum Gasteiger partial charge on any atom is 0.242 e. The van der Waals surface area contributed by atoms with Gasteiger partial charge in [-0.05, 0) is 34.6 Å². The molecule has 0 spiro atoms. The van der Waals surface area contributed by atoms with Crippen LogP contribution in [0.15, 0.2) is 58.1 Å². The lowest BCUT2D eigenvalue weighted by Gasteiger charge is -2.36. The minimum absolute atomic E-state index is 0.0137. The summed E-state index contributed by atoms with van der Waals surface area (Å²) in [7, 11) is -3.82. The number of hydrogen-bond acceptors (Lipinski definition) is 7. The molecule has 4 rings (SSSR count). The number of aromatic nitrogens is 2. The Labute approximate surface area is 168 Å². The van der Waals surface area contributed by atoms with Crippen molar-refractivity contribution in [2.24, 2.45) is 0 Å². The fourth-order valence-electron chi connectivity index (χ4n) is 3.38. The van der Waals surface area contributed by atoms with Gasteiger partial charge in [-0.25, -0.2) is 17.8 Å². The first-order chi connectivity index (χ1) is 14.0. The minimum Gasteiger partial charge on any atom is -0.368 e. The first kappa shape index (κ1) is 19.3. The normalized spacial score (nSPS) is 15.0. The van der Waals surface area contributed by atoms with Crippen LogP contribution in [0.4, 0.5) is 5.69 Å². The fourth-order valence-corrected chi connectivity index (χ4v) is 4.56. The molecule has 0 atom stereocenters. The summed E-state index contributed by atoms with van der Waals surface area (Å²) >= 11 is 0. The van der Waals surface area contributed by atoms with E-state index in [4.69, 9.17) is 0 Å². The number of carbonyl (C=O) groups excluding carboxylic acids is 1. The molecular formula is C19H21N5O4S. The number of piperazine rings is 1. The third-order valence-electron chi connectivity index (χ3n) is 4.92. The van der Waals surface area contributed by atoms with Gasteiger partial charge in [0.2, 0.25) is 15.9 Å². The van der Waals surface area contributed by atoms with Crippen LogP contribution in [0.25, 0.3) is 11.0 Å². The van der Waals surface area contributed by atoms with Crippen molar-refractivity contribution in [2.75, 3.05) is 37.6 Å². The topological polar surface area (TPSA) is 109 Å². The van der Waals surface area contributed by atoms with E-state index in [0.717, 1.165) is 18.8 Å². The summed E-state index contributed by atoms with van der Waals surface area (Å²) in [6.45, 7) is 2.75. The molecule has 1 aliphatic rings. The number of nitrogens with one attached hydrogen (secondary N) is 1. The quantitative estimate of drug-likeness (QED) is 0.645. The lowest BCUT2D eigenvalue weighted by atomic mass is 10.2. The summed E-state index contributed by atoms with van der Waals surface area (Å²) in [6, 6.07) is 14.7. The Hall–Kier alpha value is -2.98. The highest BCUT2D eigenvalue weighted by Gasteiger charge is 2.23. The Morgan fingerprint density at radius 2 is 1.76 bits per heavy atom. The van der Waals surface area contributed by atoms with Crippen molar-refractivity contribution in [1.82, 2.24) is 19.9 Å². The summed E-state index contributed by atoms with van der Waals surface area (Å²) in [5, 5.41) is 7.30. The predicted octanol–water partition coefficient (Wildman–Crippen LogP) is 1.24. The molecule has 0 aliphatic carbocycles. The Balaban J connectivity index is 1.30. The average Bonchev–Trinajstić information content (AvgIpc) is 3.23. The number of anilines is 1. The second-order valence-electron chi connectivity index (χ2n) is 6.74. The van der Waals surface area contributed by atoms with Gasteiger partial charge in [0.1, 0.15) is 10.4 Å². The number of rotatable bonds is 6. The van der Waals surface area contributed by atoms with Crippen LogP contribution in [0.1, 0.15) is 6.42 Å². The third-order valence-corrected chi connectivity index (χ3v) is 6.42. The van der Waals surface area contributed by atoms with Crippen molar-refractivity contribution in [3.63, 3.8) is 0 Å².